The summed E-state index contributed by atoms with van der Waals surface area (Å²) in [6, 6.07) is 3.52. The van der Waals surface area contributed by atoms with Crippen LogP contribution in [0.25, 0.3) is 0 Å². The first-order valence-electron chi connectivity index (χ1n) is 6.35. The van der Waals surface area contributed by atoms with Gasteiger partial charge >= 0.3 is 0 Å². The Morgan fingerprint density at radius 3 is 2.67 bits per heavy atom. The van der Waals surface area contributed by atoms with Crippen LogP contribution in [0.1, 0.15) is 41.8 Å². The molecule has 110 valence electrons. The minimum absolute atomic E-state index is 0.113. The Bertz CT molecular complexity index is 691. The van der Waals surface area contributed by atoms with Crippen molar-refractivity contribution < 1.29 is 4.79 Å². The van der Waals surface area contributed by atoms with Crippen molar-refractivity contribution in [3.05, 3.63) is 45.0 Å². The number of amides is 1. The van der Waals surface area contributed by atoms with Gasteiger partial charge in [0.2, 0.25) is 0 Å². The smallest absolute Gasteiger partial charge is 0.277 e. The SMILES string of the molecule is Cc1nc(NC(=O)c2nc(C(C)C)ncc2Cl)ccc1Br. The molecule has 2 heterocycles. The zero-order valence-electron chi connectivity index (χ0n) is 11.8. The molecule has 0 fully saturated rings. The van der Waals surface area contributed by atoms with Gasteiger partial charge in [-0.1, -0.05) is 25.4 Å². The highest BCUT2D eigenvalue weighted by molar-refractivity contribution is 9.10. The quantitative estimate of drug-likeness (QED) is 0.889. The lowest BCUT2D eigenvalue weighted by Crippen LogP contribution is -2.17. The van der Waals surface area contributed by atoms with Gasteiger partial charge in [-0.25, -0.2) is 15.0 Å². The Kier molecular flexibility index (Phi) is 4.90. The van der Waals surface area contributed by atoms with Crippen molar-refractivity contribution in [3.8, 4) is 0 Å². The van der Waals surface area contributed by atoms with Gasteiger partial charge in [-0.2, -0.15) is 0 Å². The summed E-state index contributed by atoms with van der Waals surface area (Å²) in [6.45, 7) is 5.74. The van der Waals surface area contributed by atoms with Crippen molar-refractivity contribution in [2.24, 2.45) is 0 Å². The Morgan fingerprint density at radius 1 is 1.33 bits per heavy atom. The van der Waals surface area contributed by atoms with E-state index in [1.165, 1.54) is 6.20 Å². The number of aryl methyl sites for hydroxylation is 1. The number of anilines is 1. The highest BCUT2D eigenvalue weighted by Gasteiger charge is 2.16. The molecule has 0 aliphatic heterocycles. The van der Waals surface area contributed by atoms with E-state index >= 15 is 0 Å². The van der Waals surface area contributed by atoms with Crippen molar-refractivity contribution in [2.75, 3.05) is 5.32 Å². The number of pyridine rings is 1. The van der Waals surface area contributed by atoms with E-state index in [1.54, 1.807) is 6.07 Å². The van der Waals surface area contributed by atoms with E-state index in [1.807, 2.05) is 26.8 Å². The molecule has 0 spiro atoms. The lowest BCUT2D eigenvalue weighted by molar-refractivity contribution is 0.102. The lowest BCUT2D eigenvalue weighted by Gasteiger charge is -2.09. The summed E-state index contributed by atoms with van der Waals surface area (Å²) in [4.78, 5) is 24.9. The topological polar surface area (TPSA) is 67.8 Å². The second kappa shape index (κ2) is 6.49. The number of halogens is 2. The first-order valence-corrected chi connectivity index (χ1v) is 7.52. The largest absolute Gasteiger partial charge is 0.305 e. The molecule has 2 aromatic rings. The minimum Gasteiger partial charge on any atom is -0.305 e. The summed E-state index contributed by atoms with van der Waals surface area (Å²) >= 11 is 9.37. The maximum absolute atomic E-state index is 12.3. The van der Waals surface area contributed by atoms with Gasteiger partial charge in [-0.15, -0.1) is 0 Å². The first kappa shape index (κ1) is 15.9. The molecule has 0 aromatic carbocycles. The van der Waals surface area contributed by atoms with Crippen molar-refractivity contribution in [3.63, 3.8) is 0 Å². The van der Waals surface area contributed by atoms with Gasteiger partial charge in [0.1, 0.15) is 11.6 Å². The molecule has 5 nitrogen and oxygen atoms in total. The Morgan fingerprint density at radius 2 is 2.05 bits per heavy atom. The van der Waals surface area contributed by atoms with Crippen LogP contribution in [0.15, 0.2) is 22.8 Å². The van der Waals surface area contributed by atoms with Crippen molar-refractivity contribution >= 4 is 39.3 Å². The molecule has 0 bridgehead atoms. The number of hydrogen-bond acceptors (Lipinski definition) is 4. The van der Waals surface area contributed by atoms with Crippen LogP contribution in [0.2, 0.25) is 5.02 Å². The Hall–Kier alpha value is -1.53. The fourth-order valence-electron chi connectivity index (χ4n) is 1.61. The summed E-state index contributed by atoms with van der Waals surface area (Å²) in [7, 11) is 0. The molecular weight excluding hydrogens is 356 g/mol. The van der Waals surface area contributed by atoms with Crippen LogP contribution in [0.3, 0.4) is 0 Å². The van der Waals surface area contributed by atoms with Crippen LogP contribution in [-0.2, 0) is 0 Å². The number of carbonyl (C=O) groups is 1. The fraction of sp³-hybridized carbons (Fsp3) is 0.286. The number of carbonyl (C=O) groups excluding carboxylic acids is 1. The number of aromatic nitrogens is 3. The zero-order chi connectivity index (χ0) is 15.6. The average molecular weight is 370 g/mol. The normalized spacial score (nSPS) is 10.8. The second-order valence-corrected chi connectivity index (χ2v) is 6.06. The third-order valence-corrected chi connectivity index (χ3v) is 3.87. The molecule has 0 atom stereocenters. The minimum atomic E-state index is -0.404. The molecule has 21 heavy (non-hydrogen) atoms. The Balaban J connectivity index is 2.27. The predicted molar refractivity (Wildman–Crippen MR) is 85.8 cm³/mol. The molecule has 2 rings (SSSR count). The van der Waals surface area contributed by atoms with Crippen LogP contribution in [0.4, 0.5) is 5.82 Å². The monoisotopic (exact) mass is 368 g/mol. The lowest BCUT2D eigenvalue weighted by atomic mass is 10.2. The summed E-state index contributed by atoms with van der Waals surface area (Å²) < 4.78 is 0.877. The van der Waals surface area contributed by atoms with Crippen LogP contribution in [-0.4, -0.2) is 20.9 Å². The van der Waals surface area contributed by atoms with Crippen LogP contribution in [0.5, 0.6) is 0 Å². The molecule has 0 unspecified atom stereocenters. The standard InChI is InChI=1S/C14H14BrClN4O/c1-7(2)13-17-6-10(16)12(20-13)14(21)19-11-5-4-9(15)8(3)18-11/h4-7H,1-3H3,(H,18,19,21). The number of nitrogens with zero attached hydrogens (tertiary/aromatic N) is 3. The first-order chi connectivity index (χ1) is 9.88. The highest BCUT2D eigenvalue weighted by atomic mass is 79.9. The van der Waals surface area contributed by atoms with Gasteiger partial charge in [0.15, 0.2) is 5.69 Å². The molecule has 1 amide bonds. The molecule has 7 heteroatoms. The molecule has 2 aromatic heterocycles. The van der Waals surface area contributed by atoms with E-state index < -0.39 is 5.91 Å². The fourth-order valence-corrected chi connectivity index (χ4v) is 2.01. The van der Waals surface area contributed by atoms with Crippen molar-refractivity contribution in [1.82, 2.24) is 15.0 Å². The summed E-state index contributed by atoms with van der Waals surface area (Å²) in [5.41, 5.74) is 0.933. The van der Waals surface area contributed by atoms with E-state index in [-0.39, 0.29) is 16.6 Å². The molecule has 0 aliphatic rings. The molecule has 0 radical (unpaired) electrons. The molecule has 1 N–H and O–H groups in total. The molecule has 0 saturated carbocycles. The number of hydrogen-bond donors (Lipinski definition) is 1. The number of nitrogens with one attached hydrogen (secondary N) is 1. The van der Waals surface area contributed by atoms with E-state index in [4.69, 9.17) is 11.6 Å². The van der Waals surface area contributed by atoms with Crippen molar-refractivity contribution in [1.29, 1.82) is 0 Å². The molecule has 0 aliphatic carbocycles. The van der Waals surface area contributed by atoms with Gasteiger partial charge < -0.3 is 5.32 Å². The Labute approximate surface area is 136 Å². The maximum Gasteiger partial charge on any atom is 0.277 e. The van der Waals surface area contributed by atoms with E-state index in [0.717, 1.165) is 10.2 Å². The third-order valence-electron chi connectivity index (χ3n) is 2.76. The molecular formula is C14H14BrClN4O. The third kappa shape index (κ3) is 3.77. The van der Waals surface area contributed by atoms with Gasteiger partial charge in [0, 0.05) is 10.4 Å². The number of rotatable bonds is 3. The zero-order valence-corrected chi connectivity index (χ0v) is 14.2. The van der Waals surface area contributed by atoms with Crippen LogP contribution < -0.4 is 5.32 Å². The van der Waals surface area contributed by atoms with Gasteiger partial charge in [0.25, 0.3) is 5.91 Å². The van der Waals surface area contributed by atoms with E-state index in [2.05, 4.69) is 36.2 Å². The van der Waals surface area contributed by atoms with Gasteiger partial charge in [0.05, 0.1) is 16.9 Å². The highest BCUT2D eigenvalue weighted by Crippen LogP contribution is 2.19. The maximum atomic E-state index is 12.3. The summed E-state index contributed by atoms with van der Waals surface area (Å²) in [6.07, 6.45) is 1.44. The van der Waals surface area contributed by atoms with Crippen molar-refractivity contribution in [2.45, 2.75) is 26.7 Å². The summed E-state index contributed by atoms with van der Waals surface area (Å²) in [5, 5.41) is 2.90. The van der Waals surface area contributed by atoms with Gasteiger partial charge in [-0.05, 0) is 35.0 Å². The average Bonchev–Trinajstić information content (AvgIpc) is 2.43. The van der Waals surface area contributed by atoms with Crippen LogP contribution in [0, 0.1) is 6.92 Å². The predicted octanol–water partition coefficient (Wildman–Crippen LogP) is 3.97. The van der Waals surface area contributed by atoms with Crippen LogP contribution >= 0.6 is 27.5 Å². The summed E-state index contributed by atoms with van der Waals surface area (Å²) in [5.74, 6) is 0.728. The second-order valence-electron chi connectivity index (χ2n) is 4.80. The van der Waals surface area contributed by atoms with E-state index in [0.29, 0.717) is 11.6 Å². The van der Waals surface area contributed by atoms with Gasteiger partial charge in [-0.3, -0.25) is 4.79 Å². The van der Waals surface area contributed by atoms with E-state index in [9.17, 15) is 4.79 Å². The molecule has 0 saturated heterocycles.